The molecule has 0 aromatic carbocycles. The Balaban J connectivity index is 3.17. The van der Waals surface area contributed by atoms with Crippen molar-refractivity contribution < 1.29 is 5.11 Å². The standard InChI is InChI=1S/C6H11N3O/c1-9-2-4(3-10)5(7)6(9)8/h2,10H,3,7-8H2,1H3. The van der Waals surface area contributed by atoms with Gasteiger partial charge in [-0.05, 0) is 0 Å². The van der Waals surface area contributed by atoms with E-state index in [-0.39, 0.29) is 6.61 Å². The fourth-order valence-electron chi connectivity index (χ4n) is 0.853. The van der Waals surface area contributed by atoms with Crippen molar-refractivity contribution in [2.45, 2.75) is 6.61 Å². The summed E-state index contributed by atoms with van der Waals surface area (Å²) < 4.78 is 1.68. The van der Waals surface area contributed by atoms with Crippen LogP contribution in [0.15, 0.2) is 6.20 Å². The Morgan fingerprint density at radius 1 is 1.60 bits per heavy atom. The second kappa shape index (κ2) is 2.22. The third-order valence-electron chi connectivity index (χ3n) is 1.52. The van der Waals surface area contributed by atoms with E-state index >= 15 is 0 Å². The van der Waals surface area contributed by atoms with Gasteiger partial charge < -0.3 is 21.1 Å². The van der Waals surface area contributed by atoms with Gasteiger partial charge in [-0.25, -0.2) is 0 Å². The van der Waals surface area contributed by atoms with Crippen LogP contribution in [-0.4, -0.2) is 9.67 Å². The van der Waals surface area contributed by atoms with Crippen molar-refractivity contribution >= 4 is 11.5 Å². The van der Waals surface area contributed by atoms with Crippen LogP contribution in [0, 0.1) is 0 Å². The number of nitrogens with zero attached hydrogens (tertiary/aromatic N) is 1. The Bertz CT molecular complexity index is 241. The molecule has 0 radical (unpaired) electrons. The average molecular weight is 141 g/mol. The van der Waals surface area contributed by atoms with E-state index in [1.165, 1.54) is 0 Å². The molecule has 1 aromatic rings. The molecule has 0 bridgehead atoms. The van der Waals surface area contributed by atoms with E-state index in [4.69, 9.17) is 16.6 Å². The maximum Gasteiger partial charge on any atom is 0.127 e. The monoisotopic (exact) mass is 141 g/mol. The predicted octanol–water partition coefficient (Wildman–Crippen LogP) is -0.318. The van der Waals surface area contributed by atoms with Gasteiger partial charge in [0.15, 0.2) is 0 Å². The highest BCUT2D eigenvalue weighted by molar-refractivity contribution is 5.64. The van der Waals surface area contributed by atoms with Crippen molar-refractivity contribution in [3.05, 3.63) is 11.8 Å². The zero-order valence-electron chi connectivity index (χ0n) is 5.83. The van der Waals surface area contributed by atoms with Crippen LogP contribution in [0.5, 0.6) is 0 Å². The molecular weight excluding hydrogens is 130 g/mol. The molecule has 0 saturated carbocycles. The first-order valence-corrected chi connectivity index (χ1v) is 2.96. The second-order valence-corrected chi connectivity index (χ2v) is 2.22. The van der Waals surface area contributed by atoms with Crippen molar-refractivity contribution in [1.82, 2.24) is 4.57 Å². The van der Waals surface area contributed by atoms with Gasteiger partial charge in [0, 0.05) is 18.8 Å². The van der Waals surface area contributed by atoms with Crippen molar-refractivity contribution in [1.29, 1.82) is 0 Å². The lowest BCUT2D eigenvalue weighted by molar-refractivity contribution is 0.282. The largest absolute Gasteiger partial charge is 0.395 e. The fraction of sp³-hybridized carbons (Fsp3) is 0.333. The van der Waals surface area contributed by atoms with Gasteiger partial charge in [-0.3, -0.25) is 0 Å². The summed E-state index contributed by atoms with van der Waals surface area (Å²) in [5.74, 6) is 0.504. The van der Waals surface area contributed by atoms with Gasteiger partial charge in [-0.2, -0.15) is 0 Å². The number of rotatable bonds is 1. The Kier molecular flexibility index (Phi) is 1.55. The van der Waals surface area contributed by atoms with Gasteiger partial charge in [0.2, 0.25) is 0 Å². The first kappa shape index (κ1) is 6.95. The normalized spacial score (nSPS) is 10.2. The highest BCUT2D eigenvalue weighted by Crippen LogP contribution is 2.20. The van der Waals surface area contributed by atoms with Crippen molar-refractivity contribution in [3.8, 4) is 0 Å². The number of aliphatic hydroxyl groups excluding tert-OH is 1. The first-order chi connectivity index (χ1) is 4.66. The van der Waals surface area contributed by atoms with Gasteiger partial charge in [0.05, 0.1) is 12.3 Å². The molecule has 0 saturated heterocycles. The molecule has 4 heteroatoms. The van der Waals surface area contributed by atoms with Crippen LogP contribution in [0.4, 0.5) is 11.5 Å². The summed E-state index contributed by atoms with van der Waals surface area (Å²) >= 11 is 0. The average Bonchev–Trinajstić information content (AvgIpc) is 2.17. The molecule has 1 heterocycles. The molecule has 0 unspecified atom stereocenters. The number of nitrogens with two attached hydrogens (primary N) is 2. The maximum absolute atomic E-state index is 8.71. The molecule has 0 atom stereocenters. The zero-order chi connectivity index (χ0) is 7.72. The first-order valence-electron chi connectivity index (χ1n) is 2.96. The van der Waals surface area contributed by atoms with Gasteiger partial charge in [0.25, 0.3) is 0 Å². The number of anilines is 2. The summed E-state index contributed by atoms with van der Waals surface area (Å²) in [7, 11) is 1.78. The molecule has 0 amide bonds. The van der Waals surface area contributed by atoms with Crippen LogP contribution in [0.1, 0.15) is 5.56 Å². The van der Waals surface area contributed by atoms with E-state index in [2.05, 4.69) is 0 Å². The Morgan fingerprint density at radius 3 is 2.40 bits per heavy atom. The van der Waals surface area contributed by atoms with E-state index < -0.39 is 0 Å². The summed E-state index contributed by atoms with van der Waals surface area (Å²) in [5.41, 5.74) is 12.2. The van der Waals surface area contributed by atoms with Crippen LogP contribution in [0.2, 0.25) is 0 Å². The molecular formula is C6H11N3O. The van der Waals surface area contributed by atoms with Crippen LogP contribution < -0.4 is 11.5 Å². The summed E-state index contributed by atoms with van der Waals surface area (Å²) in [6.45, 7) is -0.0587. The lowest BCUT2D eigenvalue weighted by Crippen LogP contribution is -1.97. The second-order valence-electron chi connectivity index (χ2n) is 2.22. The van der Waals surface area contributed by atoms with E-state index in [0.29, 0.717) is 17.1 Å². The van der Waals surface area contributed by atoms with E-state index in [0.717, 1.165) is 0 Å². The van der Waals surface area contributed by atoms with Crippen molar-refractivity contribution in [2.75, 3.05) is 11.5 Å². The minimum atomic E-state index is -0.0587. The molecule has 1 aromatic heterocycles. The van der Waals surface area contributed by atoms with Crippen LogP contribution in [0.25, 0.3) is 0 Å². The quantitative estimate of drug-likeness (QED) is 0.501. The maximum atomic E-state index is 8.71. The van der Waals surface area contributed by atoms with Gasteiger partial charge in [0.1, 0.15) is 5.82 Å². The van der Waals surface area contributed by atoms with E-state index in [9.17, 15) is 0 Å². The van der Waals surface area contributed by atoms with Gasteiger partial charge in [-0.15, -0.1) is 0 Å². The Morgan fingerprint density at radius 2 is 2.20 bits per heavy atom. The van der Waals surface area contributed by atoms with Crippen molar-refractivity contribution in [3.63, 3.8) is 0 Å². The van der Waals surface area contributed by atoms with E-state index in [1.54, 1.807) is 17.8 Å². The van der Waals surface area contributed by atoms with Crippen LogP contribution in [0.3, 0.4) is 0 Å². The molecule has 5 N–H and O–H groups in total. The molecule has 56 valence electrons. The van der Waals surface area contributed by atoms with Gasteiger partial charge in [-0.1, -0.05) is 0 Å². The molecule has 0 spiro atoms. The number of nitrogen functional groups attached to an aromatic ring is 2. The molecule has 0 fully saturated rings. The Hall–Kier alpha value is -1.16. The molecule has 0 aliphatic carbocycles. The number of aliphatic hydroxyl groups is 1. The third-order valence-corrected chi connectivity index (χ3v) is 1.52. The number of hydrogen-bond acceptors (Lipinski definition) is 3. The van der Waals surface area contributed by atoms with Gasteiger partial charge >= 0.3 is 0 Å². The molecule has 0 aliphatic rings. The summed E-state index contributed by atoms with van der Waals surface area (Å²) in [6, 6.07) is 0. The van der Waals surface area contributed by atoms with E-state index in [1.807, 2.05) is 0 Å². The number of aromatic nitrogens is 1. The zero-order valence-corrected chi connectivity index (χ0v) is 5.83. The predicted molar refractivity (Wildman–Crippen MR) is 40.2 cm³/mol. The van der Waals surface area contributed by atoms with Crippen LogP contribution in [-0.2, 0) is 13.7 Å². The molecule has 1 rings (SSSR count). The smallest absolute Gasteiger partial charge is 0.127 e. The highest BCUT2D eigenvalue weighted by Gasteiger charge is 2.05. The summed E-state index contributed by atoms with van der Waals surface area (Å²) in [4.78, 5) is 0. The number of hydrogen-bond donors (Lipinski definition) is 3. The minimum Gasteiger partial charge on any atom is -0.395 e. The number of aryl methyl sites for hydroxylation is 1. The molecule has 10 heavy (non-hydrogen) atoms. The summed E-state index contributed by atoms with van der Waals surface area (Å²) in [6.07, 6.45) is 1.71. The summed E-state index contributed by atoms with van der Waals surface area (Å²) in [5, 5.41) is 8.71. The highest BCUT2D eigenvalue weighted by atomic mass is 16.3. The molecule has 4 nitrogen and oxygen atoms in total. The fourth-order valence-corrected chi connectivity index (χ4v) is 0.853. The SMILES string of the molecule is Cn1cc(CO)c(N)c1N. The van der Waals surface area contributed by atoms with Crippen molar-refractivity contribution in [2.24, 2.45) is 7.05 Å². The Labute approximate surface area is 59.1 Å². The van der Waals surface area contributed by atoms with Crippen LogP contribution >= 0.6 is 0 Å². The topological polar surface area (TPSA) is 77.2 Å². The third kappa shape index (κ3) is 0.823. The minimum absolute atomic E-state index is 0.0587. The lowest BCUT2D eigenvalue weighted by atomic mass is 10.3. The molecule has 0 aliphatic heterocycles. The lowest BCUT2D eigenvalue weighted by Gasteiger charge is -1.94.